The summed E-state index contributed by atoms with van der Waals surface area (Å²) in [7, 11) is 0. The molecule has 0 radical (unpaired) electrons. The third kappa shape index (κ3) is 2.22. The van der Waals surface area contributed by atoms with E-state index in [4.69, 9.17) is 9.57 Å². The molecule has 160 valence electrons. The lowest BCUT2D eigenvalue weighted by molar-refractivity contribution is -0.128. The van der Waals surface area contributed by atoms with Crippen LogP contribution in [0.4, 0.5) is 11.4 Å². The highest BCUT2D eigenvalue weighted by Crippen LogP contribution is 2.61. The zero-order valence-corrected chi connectivity index (χ0v) is 17.8. The Balaban J connectivity index is 1.61. The van der Waals surface area contributed by atoms with Crippen LogP contribution in [0, 0.1) is 5.92 Å². The zero-order valence-electron chi connectivity index (χ0n) is 17.8. The minimum atomic E-state index is -1.04. The van der Waals surface area contributed by atoms with E-state index in [2.05, 4.69) is 0 Å². The number of amides is 2. The van der Waals surface area contributed by atoms with Gasteiger partial charge in [0.2, 0.25) is 5.91 Å². The van der Waals surface area contributed by atoms with Crippen molar-refractivity contribution in [1.82, 2.24) is 0 Å². The summed E-state index contributed by atoms with van der Waals surface area (Å²) in [5.74, 6) is -0.761. The van der Waals surface area contributed by atoms with E-state index in [-0.39, 0.29) is 11.8 Å². The fourth-order valence-electron chi connectivity index (χ4n) is 5.57. The van der Waals surface area contributed by atoms with Gasteiger partial charge in [-0.05, 0) is 43.7 Å². The summed E-state index contributed by atoms with van der Waals surface area (Å²) in [4.78, 5) is 35.2. The smallest absolute Gasteiger partial charge is 0.266 e. The Kier molecular flexibility index (Phi) is 3.84. The SMILES string of the molecule is CC1(C)Oc2ccccc2N2O[C@@H]3C(=O)N(c4ccccc4)C(=O)[C@@H]3C21c1ccccc1. The standard InChI is InChI=1S/C26H22N2O4/c1-25(2)26(17-11-5-3-6-12-17)21-22(32-28(26)19-15-9-10-16-20(19)31-25)24(30)27(23(21)29)18-13-7-4-8-14-18/h3-16,21-22H,1-2H3/t21-,22+,26?/m1/s1. The molecule has 0 bridgehead atoms. The Labute approximate surface area is 185 Å². The molecule has 0 aliphatic carbocycles. The van der Waals surface area contributed by atoms with Crippen molar-refractivity contribution in [3.8, 4) is 5.75 Å². The second-order valence-electron chi connectivity index (χ2n) is 8.86. The molecule has 3 aliphatic rings. The van der Waals surface area contributed by atoms with Gasteiger partial charge in [-0.2, -0.15) is 0 Å². The van der Waals surface area contributed by atoms with Crippen LogP contribution in [0.5, 0.6) is 5.75 Å². The summed E-state index contributed by atoms with van der Waals surface area (Å²) in [6.45, 7) is 3.91. The minimum absolute atomic E-state index is 0.284. The summed E-state index contributed by atoms with van der Waals surface area (Å²) < 4.78 is 6.52. The highest BCUT2D eigenvalue weighted by atomic mass is 16.7. The maximum absolute atomic E-state index is 14.0. The van der Waals surface area contributed by atoms with Crippen molar-refractivity contribution in [2.24, 2.45) is 5.92 Å². The number of rotatable bonds is 2. The fourth-order valence-corrected chi connectivity index (χ4v) is 5.57. The largest absolute Gasteiger partial charge is 0.483 e. The number of imide groups is 1. The van der Waals surface area contributed by atoms with Crippen LogP contribution in [-0.4, -0.2) is 23.5 Å². The zero-order chi connectivity index (χ0) is 22.1. The molecule has 6 rings (SSSR count). The molecular formula is C26H22N2O4. The number of hydrogen-bond acceptors (Lipinski definition) is 5. The summed E-state index contributed by atoms with van der Waals surface area (Å²) in [5, 5.41) is 1.76. The van der Waals surface area contributed by atoms with Crippen LogP contribution in [0.25, 0.3) is 0 Å². The van der Waals surface area contributed by atoms with E-state index in [0.717, 1.165) is 5.56 Å². The highest BCUT2D eigenvalue weighted by Gasteiger charge is 2.75. The molecule has 0 saturated carbocycles. The van der Waals surface area contributed by atoms with Crippen molar-refractivity contribution < 1.29 is 19.2 Å². The number of carbonyl (C=O) groups excluding carboxylic acids is 2. The molecule has 3 atom stereocenters. The number of anilines is 2. The van der Waals surface area contributed by atoms with Gasteiger partial charge < -0.3 is 4.74 Å². The average Bonchev–Trinajstić information content (AvgIpc) is 3.29. The summed E-state index contributed by atoms with van der Waals surface area (Å²) >= 11 is 0. The molecular weight excluding hydrogens is 404 g/mol. The van der Waals surface area contributed by atoms with Gasteiger partial charge >= 0.3 is 0 Å². The summed E-state index contributed by atoms with van der Waals surface area (Å²) in [5.41, 5.74) is 0.194. The van der Waals surface area contributed by atoms with E-state index < -0.39 is 23.2 Å². The van der Waals surface area contributed by atoms with E-state index in [1.54, 1.807) is 17.2 Å². The second kappa shape index (κ2) is 6.43. The van der Waals surface area contributed by atoms with Crippen LogP contribution in [0.15, 0.2) is 84.9 Å². The third-order valence-corrected chi connectivity index (χ3v) is 6.84. The normalized spacial score (nSPS) is 27.6. The number of benzene rings is 3. The predicted octanol–water partition coefficient (Wildman–Crippen LogP) is 4.06. The minimum Gasteiger partial charge on any atom is -0.483 e. The number of ether oxygens (including phenoxy) is 1. The molecule has 6 heteroatoms. The van der Waals surface area contributed by atoms with E-state index in [1.807, 2.05) is 86.6 Å². The van der Waals surface area contributed by atoms with Crippen molar-refractivity contribution in [1.29, 1.82) is 0 Å². The van der Waals surface area contributed by atoms with E-state index in [0.29, 0.717) is 17.1 Å². The molecule has 6 nitrogen and oxygen atoms in total. The van der Waals surface area contributed by atoms with Crippen LogP contribution >= 0.6 is 0 Å². The van der Waals surface area contributed by atoms with Crippen molar-refractivity contribution >= 4 is 23.2 Å². The highest BCUT2D eigenvalue weighted by molar-refractivity contribution is 6.24. The Bertz CT molecular complexity index is 1230. The predicted molar refractivity (Wildman–Crippen MR) is 119 cm³/mol. The van der Waals surface area contributed by atoms with Crippen molar-refractivity contribution in [3.05, 3.63) is 90.5 Å². The molecule has 1 unspecified atom stereocenters. The van der Waals surface area contributed by atoms with Crippen molar-refractivity contribution in [2.45, 2.75) is 31.1 Å². The molecule has 2 amide bonds. The lowest BCUT2D eigenvalue weighted by atomic mass is 9.66. The topological polar surface area (TPSA) is 59.1 Å². The molecule has 3 aromatic rings. The lowest BCUT2D eigenvalue weighted by Gasteiger charge is -2.54. The Hall–Kier alpha value is -3.64. The van der Waals surface area contributed by atoms with Gasteiger partial charge in [0.25, 0.3) is 5.91 Å². The molecule has 0 N–H and O–H groups in total. The van der Waals surface area contributed by atoms with E-state index in [1.165, 1.54) is 4.90 Å². The van der Waals surface area contributed by atoms with Gasteiger partial charge in [-0.1, -0.05) is 60.7 Å². The van der Waals surface area contributed by atoms with Gasteiger partial charge in [-0.25, -0.2) is 9.96 Å². The van der Waals surface area contributed by atoms with Crippen molar-refractivity contribution in [3.63, 3.8) is 0 Å². The number of hydroxylamine groups is 1. The first-order valence-electron chi connectivity index (χ1n) is 10.7. The third-order valence-electron chi connectivity index (χ3n) is 6.84. The van der Waals surface area contributed by atoms with Gasteiger partial charge in [-0.3, -0.25) is 14.4 Å². The molecule has 32 heavy (non-hydrogen) atoms. The number of nitrogens with zero attached hydrogens (tertiary/aromatic N) is 2. The maximum Gasteiger partial charge on any atom is 0.266 e. The Morgan fingerprint density at radius 1 is 0.781 bits per heavy atom. The quantitative estimate of drug-likeness (QED) is 0.579. The summed E-state index contributed by atoms with van der Waals surface area (Å²) in [6, 6.07) is 26.3. The van der Waals surface area contributed by atoms with Crippen LogP contribution in [0.1, 0.15) is 19.4 Å². The van der Waals surface area contributed by atoms with Crippen LogP contribution < -0.4 is 14.7 Å². The number of carbonyl (C=O) groups is 2. The first-order valence-corrected chi connectivity index (χ1v) is 10.7. The number of para-hydroxylation sites is 3. The van der Waals surface area contributed by atoms with E-state index >= 15 is 0 Å². The average molecular weight is 426 g/mol. The Morgan fingerprint density at radius 2 is 1.41 bits per heavy atom. The second-order valence-corrected chi connectivity index (χ2v) is 8.86. The molecule has 3 heterocycles. The maximum atomic E-state index is 14.0. The van der Waals surface area contributed by atoms with Crippen LogP contribution in [0.3, 0.4) is 0 Å². The molecule has 0 spiro atoms. The molecule has 3 aliphatic heterocycles. The van der Waals surface area contributed by atoms with Gasteiger partial charge in [-0.15, -0.1) is 0 Å². The van der Waals surface area contributed by atoms with Gasteiger partial charge in [0, 0.05) is 0 Å². The Morgan fingerprint density at radius 3 is 2.12 bits per heavy atom. The molecule has 0 aromatic heterocycles. The first kappa shape index (κ1) is 19.1. The van der Waals surface area contributed by atoms with Gasteiger partial charge in [0.1, 0.15) is 28.5 Å². The monoisotopic (exact) mass is 426 g/mol. The van der Waals surface area contributed by atoms with Gasteiger partial charge in [0.05, 0.1) is 5.69 Å². The summed E-state index contributed by atoms with van der Waals surface area (Å²) in [6.07, 6.45) is -0.947. The lowest BCUT2D eigenvalue weighted by Crippen LogP contribution is -2.65. The number of hydrogen-bond donors (Lipinski definition) is 0. The van der Waals surface area contributed by atoms with E-state index in [9.17, 15) is 9.59 Å². The van der Waals surface area contributed by atoms with Gasteiger partial charge in [0.15, 0.2) is 6.10 Å². The molecule has 2 fully saturated rings. The number of fused-ring (bicyclic) bond motifs is 5. The fraction of sp³-hybridized carbons (Fsp3) is 0.231. The first-order chi connectivity index (χ1) is 15.5. The van der Waals surface area contributed by atoms with Crippen molar-refractivity contribution in [2.75, 3.05) is 9.96 Å². The molecule has 2 saturated heterocycles. The van der Waals surface area contributed by atoms with Crippen LogP contribution in [0.2, 0.25) is 0 Å². The van der Waals surface area contributed by atoms with Crippen LogP contribution in [-0.2, 0) is 20.0 Å². The molecule has 3 aromatic carbocycles.